The second-order valence-electron chi connectivity index (χ2n) is 9.69. The molecule has 0 N–H and O–H groups in total. The van der Waals surface area contributed by atoms with Crippen LogP contribution in [0.15, 0.2) is 30.3 Å². The van der Waals surface area contributed by atoms with Gasteiger partial charge in [-0.3, -0.25) is 13.2 Å². The first kappa shape index (κ1) is 33.5. The smallest absolute Gasteiger partial charge is 0.306 e. The van der Waals surface area contributed by atoms with Gasteiger partial charge in [0, 0.05) is 6.42 Å². The molecule has 0 bridgehead atoms. The minimum atomic E-state index is -3.78. The number of carbonyl (C=O) groups excluding carboxylic acids is 1. The summed E-state index contributed by atoms with van der Waals surface area (Å²) in [6, 6.07) is 9.54. The highest BCUT2D eigenvalue weighted by Crippen LogP contribution is 2.22. The number of unbranched alkanes of at least 4 members (excludes halogenated alkanes) is 9. The molecule has 0 aliphatic heterocycles. The van der Waals surface area contributed by atoms with E-state index < -0.39 is 32.4 Å². The van der Waals surface area contributed by atoms with Crippen molar-refractivity contribution < 1.29 is 34.7 Å². The molecule has 1 aromatic rings. The zero-order valence-corrected chi connectivity index (χ0v) is 24.4. The zero-order chi connectivity index (χ0) is 27.6. The Labute approximate surface area is 224 Å². The largest absolute Gasteiger partial charge is 0.461 e. The standard InChI is InChI=1S/C27H46O8S2/c1-4-5-6-7-9-15-20-25(34-36(2,29)30)26(35-37(3,31)32)21-16-10-8-11-17-22-27(28)33-23-24-18-13-12-14-19-24/h12-14,18-19,25-26H,4-11,15-17,20-23H2,1-3H3/t25-,26-/m0/s1. The fourth-order valence-corrected chi connectivity index (χ4v) is 5.46. The van der Waals surface area contributed by atoms with Crippen molar-refractivity contribution in [2.75, 3.05) is 12.5 Å². The summed E-state index contributed by atoms with van der Waals surface area (Å²) in [6.07, 6.45) is 11.5. The second-order valence-corrected chi connectivity index (χ2v) is 12.9. The van der Waals surface area contributed by atoms with Gasteiger partial charge in [0.25, 0.3) is 20.2 Å². The highest BCUT2D eigenvalue weighted by Gasteiger charge is 2.29. The maximum atomic E-state index is 11.9. The van der Waals surface area contributed by atoms with E-state index in [0.29, 0.717) is 25.7 Å². The highest BCUT2D eigenvalue weighted by molar-refractivity contribution is 7.86. The van der Waals surface area contributed by atoms with Gasteiger partial charge in [-0.1, -0.05) is 101 Å². The Kier molecular flexibility index (Phi) is 17.0. The summed E-state index contributed by atoms with van der Waals surface area (Å²) in [5, 5.41) is 0. The zero-order valence-electron chi connectivity index (χ0n) is 22.7. The van der Waals surface area contributed by atoms with Crippen LogP contribution >= 0.6 is 0 Å². The summed E-state index contributed by atoms with van der Waals surface area (Å²) in [4.78, 5) is 11.9. The summed E-state index contributed by atoms with van der Waals surface area (Å²) in [7, 11) is -7.55. The first-order valence-corrected chi connectivity index (χ1v) is 17.1. The van der Waals surface area contributed by atoms with Crippen LogP contribution in [0.3, 0.4) is 0 Å². The van der Waals surface area contributed by atoms with Gasteiger partial charge in [0.2, 0.25) is 0 Å². The Bertz CT molecular complexity index is 946. The Hall–Kier alpha value is -1.49. The van der Waals surface area contributed by atoms with Crippen LogP contribution in [0.2, 0.25) is 0 Å². The number of esters is 1. The van der Waals surface area contributed by atoms with Crippen LogP contribution in [0.25, 0.3) is 0 Å². The van der Waals surface area contributed by atoms with Crippen molar-refractivity contribution in [1.29, 1.82) is 0 Å². The summed E-state index contributed by atoms with van der Waals surface area (Å²) >= 11 is 0. The monoisotopic (exact) mass is 562 g/mol. The third-order valence-corrected chi connectivity index (χ3v) is 7.16. The minimum absolute atomic E-state index is 0.221. The number of hydrogen-bond acceptors (Lipinski definition) is 8. The predicted molar refractivity (Wildman–Crippen MR) is 146 cm³/mol. The van der Waals surface area contributed by atoms with E-state index in [1.807, 2.05) is 30.3 Å². The third-order valence-electron chi connectivity index (χ3n) is 5.97. The quantitative estimate of drug-likeness (QED) is 0.0975. The van der Waals surface area contributed by atoms with Gasteiger partial charge in [0.15, 0.2) is 0 Å². The van der Waals surface area contributed by atoms with Crippen LogP contribution in [0.5, 0.6) is 0 Å². The van der Waals surface area contributed by atoms with E-state index in [-0.39, 0.29) is 12.6 Å². The molecule has 37 heavy (non-hydrogen) atoms. The molecule has 10 heteroatoms. The Morgan fingerprint density at radius 2 is 1.16 bits per heavy atom. The topological polar surface area (TPSA) is 113 Å². The highest BCUT2D eigenvalue weighted by atomic mass is 32.2. The molecule has 2 atom stereocenters. The van der Waals surface area contributed by atoms with Crippen molar-refractivity contribution in [2.45, 2.75) is 116 Å². The van der Waals surface area contributed by atoms with Gasteiger partial charge in [0.1, 0.15) is 18.8 Å². The lowest BCUT2D eigenvalue weighted by atomic mass is 9.99. The van der Waals surface area contributed by atoms with Crippen molar-refractivity contribution in [1.82, 2.24) is 0 Å². The number of hydrogen-bond donors (Lipinski definition) is 0. The molecule has 8 nitrogen and oxygen atoms in total. The van der Waals surface area contributed by atoms with Gasteiger partial charge in [-0.05, 0) is 24.8 Å². The normalized spacial score (nSPS) is 13.8. The molecule has 0 heterocycles. The van der Waals surface area contributed by atoms with E-state index in [2.05, 4.69) is 6.92 Å². The van der Waals surface area contributed by atoms with Crippen molar-refractivity contribution in [3.63, 3.8) is 0 Å². The van der Waals surface area contributed by atoms with Gasteiger partial charge < -0.3 is 4.74 Å². The molecule has 0 unspecified atom stereocenters. The average Bonchev–Trinajstić information content (AvgIpc) is 2.82. The predicted octanol–water partition coefficient (Wildman–Crippen LogP) is 5.90. The molecule has 0 spiro atoms. The van der Waals surface area contributed by atoms with Crippen molar-refractivity contribution in [3.8, 4) is 0 Å². The van der Waals surface area contributed by atoms with E-state index in [1.165, 1.54) is 0 Å². The van der Waals surface area contributed by atoms with Crippen LogP contribution < -0.4 is 0 Å². The fourth-order valence-electron chi connectivity index (χ4n) is 4.12. The molecule has 214 valence electrons. The van der Waals surface area contributed by atoms with Crippen molar-refractivity contribution in [3.05, 3.63) is 35.9 Å². The van der Waals surface area contributed by atoms with E-state index in [4.69, 9.17) is 13.1 Å². The van der Waals surface area contributed by atoms with Gasteiger partial charge in [-0.15, -0.1) is 0 Å². The summed E-state index contributed by atoms with van der Waals surface area (Å²) < 4.78 is 63.3. The molecular formula is C27H46O8S2. The first-order chi connectivity index (χ1) is 17.5. The minimum Gasteiger partial charge on any atom is -0.461 e. The molecule has 1 aromatic carbocycles. The molecule has 0 amide bonds. The van der Waals surface area contributed by atoms with E-state index in [9.17, 15) is 21.6 Å². The second kappa shape index (κ2) is 18.7. The fraction of sp³-hybridized carbons (Fsp3) is 0.741. The molecule has 0 aliphatic carbocycles. The van der Waals surface area contributed by atoms with Crippen LogP contribution in [0.1, 0.15) is 102 Å². The van der Waals surface area contributed by atoms with Gasteiger partial charge >= 0.3 is 5.97 Å². The number of ether oxygens (including phenoxy) is 1. The summed E-state index contributed by atoms with van der Waals surface area (Å²) in [5.74, 6) is -0.221. The van der Waals surface area contributed by atoms with Crippen LogP contribution in [0, 0.1) is 0 Å². The Morgan fingerprint density at radius 3 is 1.65 bits per heavy atom. The Morgan fingerprint density at radius 1 is 0.703 bits per heavy atom. The first-order valence-electron chi connectivity index (χ1n) is 13.5. The number of carbonyl (C=O) groups is 1. The van der Waals surface area contributed by atoms with Crippen LogP contribution in [-0.2, 0) is 44.7 Å². The van der Waals surface area contributed by atoms with Gasteiger partial charge in [-0.25, -0.2) is 0 Å². The molecular weight excluding hydrogens is 516 g/mol. The van der Waals surface area contributed by atoms with Crippen LogP contribution in [-0.4, -0.2) is 47.5 Å². The number of benzene rings is 1. The van der Waals surface area contributed by atoms with E-state index in [1.54, 1.807) is 0 Å². The average molecular weight is 563 g/mol. The SMILES string of the molecule is CCCCCCCC[C@H](OS(C)(=O)=O)[C@H](CCCCCCCC(=O)OCc1ccccc1)OS(C)(=O)=O. The van der Waals surface area contributed by atoms with E-state index in [0.717, 1.165) is 82.3 Å². The molecule has 0 radical (unpaired) electrons. The molecule has 0 fully saturated rings. The van der Waals surface area contributed by atoms with Gasteiger partial charge in [-0.2, -0.15) is 16.8 Å². The summed E-state index contributed by atoms with van der Waals surface area (Å²) in [6.45, 7) is 2.42. The lowest BCUT2D eigenvalue weighted by Crippen LogP contribution is -2.35. The van der Waals surface area contributed by atoms with Crippen molar-refractivity contribution in [2.24, 2.45) is 0 Å². The van der Waals surface area contributed by atoms with Crippen LogP contribution in [0.4, 0.5) is 0 Å². The maximum Gasteiger partial charge on any atom is 0.306 e. The Balaban J connectivity index is 2.43. The maximum absolute atomic E-state index is 11.9. The molecule has 0 aliphatic rings. The molecule has 1 rings (SSSR count). The number of rotatable bonds is 22. The lowest BCUT2D eigenvalue weighted by molar-refractivity contribution is -0.145. The third kappa shape index (κ3) is 19.3. The van der Waals surface area contributed by atoms with E-state index >= 15 is 0 Å². The lowest BCUT2D eigenvalue weighted by Gasteiger charge is -2.25. The molecule has 0 saturated heterocycles. The molecule has 0 aromatic heterocycles. The van der Waals surface area contributed by atoms with Crippen molar-refractivity contribution >= 4 is 26.2 Å². The van der Waals surface area contributed by atoms with Gasteiger partial charge in [0.05, 0.1) is 12.5 Å². The molecule has 0 saturated carbocycles. The summed E-state index contributed by atoms with van der Waals surface area (Å²) in [5.41, 5.74) is 0.955.